The van der Waals surface area contributed by atoms with E-state index >= 15 is 0 Å². The SMILES string of the molecule is NCCCCC(N)C(=O)NC(CS)C(=O)NC(CC(N)=O)C(=O)N1CCCC1C(=O)O. The monoisotopic (exact) mass is 460 g/mol. The third kappa shape index (κ3) is 8.34. The molecule has 13 heteroatoms. The van der Waals surface area contributed by atoms with Gasteiger partial charge in [-0.05, 0) is 32.2 Å². The highest BCUT2D eigenvalue weighted by atomic mass is 32.1. The zero-order valence-electron chi connectivity index (χ0n) is 17.3. The Morgan fingerprint density at radius 1 is 1.10 bits per heavy atom. The fourth-order valence-electron chi connectivity index (χ4n) is 3.27. The standard InChI is InChI=1S/C18H32N6O6S/c19-6-2-1-4-10(20)15(26)23-12(9-31)16(27)22-11(8-14(21)25)17(28)24-7-3-5-13(24)18(29)30/h10-13,31H,1-9,19-20H2,(H2,21,25)(H,22,27)(H,23,26)(H,29,30). The molecule has 4 atom stereocenters. The number of carbonyl (C=O) groups excluding carboxylic acids is 4. The molecule has 0 radical (unpaired) electrons. The predicted octanol–water partition coefficient (Wildman–Crippen LogP) is -2.71. The molecule has 31 heavy (non-hydrogen) atoms. The van der Waals surface area contributed by atoms with Crippen LogP contribution in [0.4, 0.5) is 0 Å². The van der Waals surface area contributed by atoms with E-state index in [1.165, 1.54) is 0 Å². The maximum absolute atomic E-state index is 12.8. The number of rotatable bonds is 13. The van der Waals surface area contributed by atoms with E-state index in [2.05, 4.69) is 23.3 Å². The third-order valence-corrected chi connectivity index (χ3v) is 5.33. The summed E-state index contributed by atoms with van der Waals surface area (Å²) in [7, 11) is 0. The molecule has 1 aliphatic rings. The summed E-state index contributed by atoms with van der Waals surface area (Å²) < 4.78 is 0. The Morgan fingerprint density at radius 3 is 2.29 bits per heavy atom. The molecule has 0 spiro atoms. The molecule has 1 fully saturated rings. The van der Waals surface area contributed by atoms with Gasteiger partial charge in [-0.2, -0.15) is 12.6 Å². The summed E-state index contributed by atoms with van der Waals surface area (Å²) in [5.41, 5.74) is 16.4. The molecule has 0 bridgehead atoms. The number of hydrogen-bond donors (Lipinski definition) is 7. The number of thiol groups is 1. The third-order valence-electron chi connectivity index (χ3n) is 4.96. The van der Waals surface area contributed by atoms with Crippen LogP contribution in [0.25, 0.3) is 0 Å². The van der Waals surface area contributed by atoms with Crippen LogP contribution in [0.3, 0.4) is 0 Å². The van der Waals surface area contributed by atoms with Crippen molar-refractivity contribution in [1.82, 2.24) is 15.5 Å². The number of nitrogens with zero attached hydrogens (tertiary/aromatic N) is 1. The van der Waals surface area contributed by atoms with Gasteiger partial charge < -0.3 is 37.8 Å². The molecule has 12 nitrogen and oxygen atoms in total. The second-order valence-corrected chi connectivity index (χ2v) is 7.76. The van der Waals surface area contributed by atoms with E-state index in [1.54, 1.807) is 0 Å². The summed E-state index contributed by atoms with van der Waals surface area (Å²) in [6.45, 7) is 0.663. The van der Waals surface area contributed by atoms with Crippen molar-refractivity contribution in [2.45, 2.75) is 62.7 Å². The lowest BCUT2D eigenvalue weighted by Crippen LogP contribution is -2.58. The molecule has 0 saturated carbocycles. The Hall–Kier alpha value is -2.38. The van der Waals surface area contributed by atoms with Gasteiger partial charge in [-0.1, -0.05) is 6.42 Å². The highest BCUT2D eigenvalue weighted by Crippen LogP contribution is 2.19. The van der Waals surface area contributed by atoms with Gasteiger partial charge in [0.1, 0.15) is 18.1 Å². The van der Waals surface area contributed by atoms with Crippen LogP contribution in [-0.2, 0) is 24.0 Å². The smallest absolute Gasteiger partial charge is 0.326 e. The van der Waals surface area contributed by atoms with Crippen LogP contribution in [-0.4, -0.2) is 82.6 Å². The fraction of sp³-hybridized carbons (Fsp3) is 0.722. The van der Waals surface area contributed by atoms with Gasteiger partial charge in [-0.3, -0.25) is 19.2 Å². The number of carboxylic acid groups (broad SMARTS) is 1. The Kier molecular flexibility index (Phi) is 11.3. The Morgan fingerprint density at radius 2 is 1.74 bits per heavy atom. The summed E-state index contributed by atoms with van der Waals surface area (Å²) in [4.78, 5) is 61.6. The summed E-state index contributed by atoms with van der Waals surface area (Å²) in [5, 5.41) is 14.1. The van der Waals surface area contributed by atoms with E-state index in [9.17, 15) is 29.1 Å². The van der Waals surface area contributed by atoms with E-state index in [0.29, 0.717) is 32.2 Å². The predicted molar refractivity (Wildman–Crippen MR) is 115 cm³/mol. The van der Waals surface area contributed by atoms with Crippen molar-refractivity contribution in [1.29, 1.82) is 0 Å². The summed E-state index contributed by atoms with van der Waals surface area (Å²) in [6.07, 6.45) is 1.99. The topological polar surface area (TPSA) is 211 Å². The first-order chi connectivity index (χ1) is 14.6. The lowest BCUT2D eigenvalue weighted by molar-refractivity contribution is -0.149. The minimum atomic E-state index is -1.36. The summed E-state index contributed by atoms with van der Waals surface area (Å²) in [6, 6.07) is -4.35. The second kappa shape index (κ2) is 13.1. The second-order valence-electron chi connectivity index (χ2n) is 7.39. The lowest BCUT2D eigenvalue weighted by atomic mass is 10.1. The van der Waals surface area contributed by atoms with Crippen LogP contribution in [0.5, 0.6) is 0 Å². The highest BCUT2D eigenvalue weighted by molar-refractivity contribution is 7.80. The fourth-order valence-corrected chi connectivity index (χ4v) is 3.53. The van der Waals surface area contributed by atoms with E-state index in [0.717, 1.165) is 4.90 Å². The minimum absolute atomic E-state index is 0.0912. The molecule has 1 saturated heterocycles. The van der Waals surface area contributed by atoms with Crippen LogP contribution >= 0.6 is 12.6 Å². The molecule has 0 aliphatic carbocycles. The van der Waals surface area contributed by atoms with E-state index in [4.69, 9.17) is 17.2 Å². The number of nitrogens with two attached hydrogens (primary N) is 3. The minimum Gasteiger partial charge on any atom is -0.480 e. The number of unbranched alkanes of at least 4 members (excludes halogenated alkanes) is 1. The maximum Gasteiger partial charge on any atom is 0.326 e. The first-order valence-electron chi connectivity index (χ1n) is 10.1. The van der Waals surface area contributed by atoms with Gasteiger partial charge in [-0.15, -0.1) is 0 Å². The van der Waals surface area contributed by atoms with Crippen LogP contribution in [0, 0.1) is 0 Å². The molecule has 4 amide bonds. The van der Waals surface area contributed by atoms with Gasteiger partial charge in [0.15, 0.2) is 0 Å². The first kappa shape index (κ1) is 26.7. The quantitative estimate of drug-likeness (QED) is 0.113. The maximum atomic E-state index is 12.8. The Balaban J connectivity index is 2.82. The average Bonchev–Trinajstić information content (AvgIpc) is 3.20. The van der Waals surface area contributed by atoms with Crippen molar-refractivity contribution in [3.05, 3.63) is 0 Å². The molecular formula is C18H32N6O6S. The molecule has 1 heterocycles. The van der Waals surface area contributed by atoms with Gasteiger partial charge in [0.05, 0.1) is 12.5 Å². The molecule has 176 valence electrons. The Bertz CT molecular complexity index is 678. The highest BCUT2D eigenvalue weighted by Gasteiger charge is 2.38. The van der Waals surface area contributed by atoms with Gasteiger partial charge in [0, 0.05) is 12.3 Å². The molecule has 9 N–H and O–H groups in total. The molecule has 0 aromatic heterocycles. The molecule has 4 unspecified atom stereocenters. The molecule has 1 aliphatic heterocycles. The lowest BCUT2D eigenvalue weighted by Gasteiger charge is -2.28. The van der Waals surface area contributed by atoms with E-state index < -0.39 is 60.2 Å². The van der Waals surface area contributed by atoms with E-state index in [1.807, 2.05) is 0 Å². The number of carbonyl (C=O) groups is 5. The number of hydrogen-bond acceptors (Lipinski definition) is 8. The molecular weight excluding hydrogens is 428 g/mol. The zero-order valence-corrected chi connectivity index (χ0v) is 18.2. The summed E-state index contributed by atoms with van der Waals surface area (Å²) in [5.74, 6) is -4.15. The molecule has 0 aromatic carbocycles. The van der Waals surface area contributed by atoms with E-state index in [-0.39, 0.29) is 18.7 Å². The van der Waals surface area contributed by atoms with Crippen molar-refractivity contribution < 1.29 is 29.1 Å². The Labute approximate surface area is 186 Å². The van der Waals surface area contributed by atoms with Gasteiger partial charge >= 0.3 is 5.97 Å². The van der Waals surface area contributed by atoms with Crippen molar-refractivity contribution >= 4 is 42.2 Å². The van der Waals surface area contributed by atoms with Crippen molar-refractivity contribution in [3.63, 3.8) is 0 Å². The van der Waals surface area contributed by atoms with Crippen molar-refractivity contribution in [2.24, 2.45) is 17.2 Å². The van der Waals surface area contributed by atoms with Crippen molar-refractivity contribution in [3.8, 4) is 0 Å². The first-order valence-corrected chi connectivity index (χ1v) is 10.7. The number of primary amides is 1. The van der Waals surface area contributed by atoms with Gasteiger partial charge in [0.2, 0.25) is 23.6 Å². The van der Waals surface area contributed by atoms with Crippen LogP contribution in [0.15, 0.2) is 0 Å². The number of likely N-dealkylation sites (tertiary alicyclic amines) is 1. The molecule has 1 rings (SSSR count). The normalized spacial score (nSPS) is 18.7. The van der Waals surface area contributed by atoms with Crippen LogP contribution in [0.2, 0.25) is 0 Å². The van der Waals surface area contributed by atoms with Gasteiger partial charge in [0.25, 0.3) is 0 Å². The van der Waals surface area contributed by atoms with Crippen LogP contribution in [0.1, 0.15) is 38.5 Å². The van der Waals surface area contributed by atoms with Crippen molar-refractivity contribution in [2.75, 3.05) is 18.8 Å². The number of aliphatic carboxylic acids is 1. The van der Waals surface area contributed by atoms with Crippen LogP contribution < -0.4 is 27.8 Å². The van der Waals surface area contributed by atoms with Gasteiger partial charge in [-0.25, -0.2) is 4.79 Å². The number of carboxylic acids is 1. The number of amides is 4. The average molecular weight is 461 g/mol. The molecule has 0 aromatic rings. The summed E-state index contributed by atoms with van der Waals surface area (Å²) >= 11 is 4.06. The zero-order chi connectivity index (χ0) is 23.6. The number of nitrogens with one attached hydrogen (secondary N) is 2. The largest absolute Gasteiger partial charge is 0.480 e.